The Hall–Kier alpha value is -0.870. The maximum absolute atomic E-state index is 5.77. The molecule has 1 aromatic heterocycles. The Morgan fingerprint density at radius 2 is 2.32 bits per heavy atom. The average molecular weight is 266 g/mol. The zero-order chi connectivity index (χ0) is 13.5. The van der Waals surface area contributed by atoms with Crippen molar-refractivity contribution in [2.45, 2.75) is 64.5 Å². The molecule has 0 spiro atoms. The van der Waals surface area contributed by atoms with Crippen LogP contribution >= 0.6 is 0 Å². The third-order valence-corrected chi connectivity index (χ3v) is 3.42. The fourth-order valence-electron chi connectivity index (χ4n) is 2.38. The molecule has 1 aromatic rings. The van der Waals surface area contributed by atoms with E-state index in [1.807, 2.05) is 6.20 Å². The highest BCUT2D eigenvalue weighted by molar-refractivity contribution is 4.96. The summed E-state index contributed by atoms with van der Waals surface area (Å²) in [6.45, 7) is 6.23. The molecular formula is C15H26N2O2. The fourth-order valence-corrected chi connectivity index (χ4v) is 2.38. The van der Waals surface area contributed by atoms with E-state index in [0.29, 0.717) is 12.1 Å². The minimum Gasteiger partial charge on any atom is -0.446 e. The molecule has 1 atom stereocenters. The molecule has 0 bridgehead atoms. The van der Waals surface area contributed by atoms with Crippen LogP contribution in [-0.4, -0.2) is 30.3 Å². The van der Waals surface area contributed by atoms with Gasteiger partial charge in [0.2, 0.25) is 0 Å². The van der Waals surface area contributed by atoms with Crippen LogP contribution in [0.3, 0.4) is 0 Å². The van der Waals surface area contributed by atoms with Gasteiger partial charge >= 0.3 is 0 Å². The van der Waals surface area contributed by atoms with Gasteiger partial charge in [-0.3, -0.25) is 0 Å². The molecule has 1 unspecified atom stereocenters. The predicted octanol–water partition coefficient (Wildman–Crippen LogP) is 2.72. The molecular weight excluding hydrogens is 240 g/mol. The van der Waals surface area contributed by atoms with Crippen molar-refractivity contribution < 1.29 is 9.15 Å². The number of oxazole rings is 1. The summed E-state index contributed by atoms with van der Waals surface area (Å²) in [6, 6.07) is 0.545. The maximum Gasteiger partial charge on any atom is 0.194 e. The van der Waals surface area contributed by atoms with E-state index in [1.165, 1.54) is 12.8 Å². The normalized spacial score (nSPS) is 20.1. The first-order chi connectivity index (χ1) is 9.24. The Morgan fingerprint density at radius 3 is 3.05 bits per heavy atom. The SMILES string of the molecule is CC(C)NCCCc1ncc(CC2CCCCO2)o1. The smallest absolute Gasteiger partial charge is 0.194 e. The number of hydrogen-bond acceptors (Lipinski definition) is 4. The molecule has 4 heteroatoms. The fraction of sp³-hybridized carbons (Fsp3) is 0.800. The van der Waals surface area contributed by atoms with Crippen molar-refractivity contribution in [1.29, 1.82) is 0 Å². The number of aromatic nitrogens is 1. The molecule has 108 valence electrons. The molecule has 2 heterocycles. The molecule has 0 aliphatic carbocycles. The minimum absolute atomic E-state index is 0.331. The van der Waals surface area contributed by atoms with Crippen LogP contribution < -0.4 is 5.32 Å². The van der Waals surface area contributed by atoms with Gasteiger partial charge in [0.25, 0.3) is 0 Å². The largest absolute Gasteiger partial charge is 0.446 e. The summed E-state index contributed by atoms with van der Waals surface area (Å²) < 4.78 is 11.5. The van der Waals surface area contributed by atoms with E-state index in [4.69, 9.17) is 9.15 Å². The van der Waals surface area contributed by atoms with E-state index in [1.54, 1.807) is 0 Å². The maximum atomic E-state index is 5.77. The van der Waals surface area contributed by atoms with E-state index in [-0.39, 0.29) is 0 Å². The van der Waals surface area contributed by atoms with E-state index >= 15 is 0 Å². The zero-order valence-electron chi connectivity index (χ0n) is 12.2. The van der Waals surface area contributed by atoms with Gasteiger partial charge in [-0.15, -0.1) is 0 Å². The average Bonchev–Trinajstić information content (AvgIpc) is 2.83. The molecule has 19 heavy (non-hydrogen) atoms. The molecule has 0 amide bonds. The molecule has 0 radical (unpaired) electrons. The van der Waals surface area contributed by atoms with Crippen LogP contribution in [0.2, 0.25) is 0 Å². The monoisotopic (exact) mass is 266 g/mol. The predicted molar refractivity (Wildman–Crippen MR) is 75.3 cm³/mol. The van der Waals surface area contributed by atoms with Crippen LogP contribution in [0.15, 0.2) is 10.6 Å². The minimum atomic E-state index is 0.331. The van der Waals surface area contributed by atoms with Crippen LogP contribution in [0.5, 0.6) is 0 Å². The van der Waals surface area contributed by atoms with Gasteiger partial charge in [-0.25, -0.2) is 4.98 Å². The van der Waals surface area contributed by atoms with Crippen LogP contribution in [-0.2, 0) is 17.6 Å². The molecule has 0 saturated carbocycles. The summed E-state index contributed by atoms with van der Waals surface area (Å²) in [5.41, 5.74) is 0. The Labute approximate surface area is 115 Å². The summed E-state index contributed by atoms with van der Waals surface area (Å²) >= 11 is 0. The van der Waals surface area contributed by atoms with E-state index < -0.39 is 0 Å². The molecule has 2 rings (SSSR count). The van der Waals surface area contributed by atoms with E-state index in [9.17, 15) is 0 Å². The summed E-state index contributed by atoms with van der Waals surface area (Å²) in [4.78, 5) is 4.35. The van der Waals surface area contributed by atoms with Crippen molar-refractivity contribution in [3.63, 3.8) is 0 Å². The van der Waals surface area contributed by atoms with Gasteiger partial charge in [0.1, 0.15) is 5.76 Å². The third kappa shape index (κ3) is 5.33. The summed E-state index contributed by atoms with van der Waals surface area (Å²) in [7, 11) is 0. The van der Waals surface area contributed by atoms with Gasteiger partial charge in [0.15, 0.2) is 5.89 Å². The highest BCUT2D eigenvalue weighted by Gasteiger charge is 2.16. The summed E-state index contributed by atoms with van der Waals surface area (Å²) in [5.74, 6) is 1.83. The van der Waals surface area contributed by atoms with Gasteiger partial charge in [-0.05, 0) is 32.2 Å². The number of ether oxygens (including phenoxy) is 1. The van der Waals surface area contributed by atoms with Crippen molar-refractivity contribution in [3.05, 3.63) is 17.8 Å². The first kappa shape index (κ1) is 14.5. The standard InChI is InChI=1S/C15H26N2O2/c1-12(2)16-8-5-7-15-17-11-14(19-15)10-13-6-3-4-9-18-13/h11-13,16H,3-10H2,1-2H3. The molecule has 4 nitrogen and oxygen atoms in total. The molecule has 1 aliphatic rings. The number of rotatable bonds is 7. The van der Waals surface area contributed by atoms with Crippen LogP contribution in [0.1, 0.15) is 51.2 Å². The highest BCUT2D eigenvalue weighted by atomic mass is 16.5. The molecule has 1 fully saturated rings. The third-order valence-electron chi connectivity index (χ3n) is 3.42. The second-order valence-corrected chi connectivity index (χ2v) is 5.63. The van der Waals surface area contributed by atoms with Crippen molar-refractivity contribution >= 4 is 0 Å². The van der Waals surface area contributed by atoms with Gasteiger partial charge in [0, 0.05) is 25.5 Å². The number of nitrogens with zero attached hydrogens (tertiary/aromatic N) is 1. The second-order valence-electron chi connectivity index (χ2n) is 5.63. The van der Waals surface area contributed by atoms with Gasteiger partial charge in [-0.1, -0.05) is 13.8 Å². The lowest BCUT2D eigenvalue weighted by atomic mass is 10.1. The Morgan fingerprint density at radius 1 is 1.42 bits per heavy atom. The number of hydrogen-bond donors (Lipinski definition) is 1. The quantitative estimate of drug-likeness (QED) is 0.771. The van der Waals surface area contributed by atoms with Gasteiger partial charge in [0.05, 0.1) is 12.3 Å². The lowest BCUT2D eigenvalue weighted by Crippen LogP contribution is -2.23. The highest BCUT2D eigenvalue weighted by Crippen LogP contribution is 2.18. The molecule has 1 aliphatic heterocycles. The second kappa shape index (κ2) is 7.65. The van der Waals surface area contributed by atoms with Crippen LogP contribution in [0.25, 0.3) is 0 Å². The van der Waals surface area contributed by atoms with Crippen LogP contribution in [0, 0.1) is 0 Å². The first-order valence-corrected chi connectivity index (χ1v) is 7.52. The lowest BCUT2D eigenvalue weighted by molar-refractivity contribution is 0.0138. The van der Waals surface area contributed by atoms with Crippen LogP contribution in [0.4, 0.5) is 0 Å². The Kier molecular flexibility index (Phi) is 5.86. The first-order valence-electron chi connectivity index (χ1n) is 7.52. The number of nitrogens with one attached hydrogen (secondary N) is 1. The topological polar surface area (TPSA) is 47.3 Å². The van der Waals surface area contributed by atoms with E-state index in [0.717, 1.165) is 50.5 Å². The van der Waals surface area contributed by atoms with Gasteiger partial charge in [-0.2, -0.15) is 0 Å². The molecule has 1 N–H and O–H groups in total. The Bertz CT molecular complexity index is 357. The summed E-state index contributed by atoms with van der Waals surface area (Å²) in [5, 5.41) is 3.40. The van der Waals surface area contributed by atoms with Crippen molar-refractivity contribution in [2.75, 3.05) is 13.2 Å². The Balaban J connectivity index is 1.69. The zero-order valence-corrected chi connectivity index (χ0v) is 12.2. The summed E-state index contributed by atoms with van der Waals surface area (Å²) in [6.07, 6.45) is 8.66. The van der Waals surface area contributed by atoms with E-state index in [2.05, 4.69) is 24.1 Å². The van der Waals surface area contributed by atoms with Gasteiger partial charge < -0.3 is 14.5 Å². The van der Waals surface area contributed by atoms with Crippen molar-refractivity contribution in [1.82, 2.24) is 10.3 Å². The molecule has 1 saturated heterocycles. The number of aryl methyl sites for hydroxylation is 1. The van der Waals surface area contributed by atoms with Crippen molar-refractivity contribution in [2.24, 2.45) is 0 Å². The van der Waals surface area contributed by atoms with Crippen molar-refractivity contribution in [3.8, 4) is 0 Å². The lowest BCUT2D eigenvalue weighted by Gasteiger charge is -2.21. The molecule has 0 aromatic carbocycles.